The number of ketones is 4. The van der Waals surface area contributed by atoms with Gasteiger partial charge in [0, 0.05) is 73.5 Å². The van der Waals surface area contributed by atoms with Crippen molar-refractivity contribution < 1.29 is 69.9 Å². The molecule has 4 spiro atoms. The Hall–Kier alpha value is -4.72. The van der Waals surface area contributed by atoms with Gasteiger partial charge in [-0.3, -0.25) is 67.2 Å². The van der Waals surface area contributed by atoms with Crippen molar-refractivity contribution in [3.63, 3.8) is 0 Å². The summed E-state index contributed by atoms with van der Waals surface area (Å²) in [5.41, 5.74) is 2.81. The van der Waals surface area contributed by atoms with Gasteiger partial charge in [-0.15, -0.1) is 0 Å². The Morgan fingerprint density at radius 1 is 0.455 bits per heavy atom. The van der Waals surface area contributed by atoms with Crippen LogP contribution >= 0.6 is 0 Å². The molecule has 0 bridgehead atoms. The minimum atomic E-state index is -3.91. The molecule has 4 aliphatic heterocycles. The van der Waals surface area contributed by atoms with Crippen LogP contribution in [0.2, 0.25) is 0 Å². The van der Waals surface area contributed by atoms with E-state index >= 15 is 9.59 Å². The van der Waals surface area contributed by atoms with Crippen LogP contribution in [0.25, 0.3) is 0 Å². The van der Waals surface area contributed by atoms with Gasteiger partial charge in [0.1, 0.15) is 6.04 Å². The Morgan fingerprint density at radius 3 is 1.14 bits per heavy atom. The number of carbonyl (C=O) groups excluding carboxylic acids is 9. The Balaban J connectivity index is 0.000000200. The Bertz CT molecular complexity index is 4190. The molecule has 25 heteroatoms. The first-order valence-corrected chi connectivity index (χ1v) is 52.1. The molecule has 10 saturated carbocycles. The number of nitrogens with one attached hydrogen (secondary N) is 3. The lowest BCUT2D eigenvalue weighted by atomic mass is 9.73. The standard InChI is InChI=1S/C49H80N4O7S.C40H65N3O6S.C9H17NO2/c1-10-21-46(24-25-46)61(59,60)51-43(58)47(28-34(47)11-2)30-39(55)37-29-49(45(8,9)48(49)22-17-23-48)31-53(37)42(57)35(44(5,6)7)27-38(54)40(33-18-13-12-14-19-33)50-41(56)36-20-15-16-26-52(36)32(3)4;1-8-16-37(19-20-37)50(48,49)42-34(47)38(22-27(38)9-2)24-31(45)29-23-40(36(6,7)39(40)17-13-18-39)25-43(29)33(46)28(35(3,4)5)21-30(44)32(41)26-14-11-10-12-15-26;1-7(2)10-6-4-3-5-8(10)9(11)12/h32-37,40H,10-31H2,1-9H3,(H,50,56)(H,51,58);26-29,32H,8-25,41H2,1-7H3,(H,42,47);7-8H,3-6H2,1-2H3,(H,11,12)/t34-,35-,36+,37+,40+,47-,49-;27-,28-,29+,32+,38-,40-;8-/m110/s1. The summed E-state index contributed by atoms with van der Waals surface area (Å²) < 4.78 is 57.3. The van der Waals surface area contributed by atoms with Gasteiger partial charge in [-0.1, -0.05) is 187 Å². The summed E-state index contributed by atoms with van der Waals surface area (Å²) in [5.74, 6) is -4.11. The number of carbonyl (C=O) groups is 10. The first kappa shape index (κ1) is 97.3. The number of nitrogens with zero attached hydrogens (tertiary/aromatic N) is 4. The van der Waals surface area contributed by atoms with Gasteiger partial charge in [-0.2, -0.15) is 0 Å². The molecular weight excluding hydrogens is 1590 g/mol. The third kappa shape index (κ3) is 17.6. The number of sulfonamides is 2. The number of fused-ring (bicyclic) bond motifs is 2. The molecule has 123 heavy (non-hydrogen) atoms. The predicted octanol–water partition coefficient (Wildman–Crippen LogP) is 15.7. The molecule has 0 aromatic rings. The average molecular weight is 1760 g/mol. The van der Waals surface area contributed by atoms with Gasteiger partial charge >= 0.3 is 5.97 Å². The molecule has 0 unspecified atom stereocenters. The third-order valence-corrected chi connectivity index (χ3v) is 41.1. The first-order valence-electron chi connectivity index (χ1n) is 49.1. The zero-order valence-electron chi connectivity index (χ0n) is 79.0. The molecular formula is C98H162N8O15S2. The molecule has 4 heterocycles. The largest absolute Gasteiger partial charge is 0.480 e. The molecule has 0 aromatic heterocycles. The number of aliphatic carboxylic acids is 1. The highest BCUT2D eigenvalue weighted by Gasteiger charge is 2.87. The normalized spacial score (nSPS) is 32.3. The van der Waals surface area contributed by atoms with E-state index in [1.807, 2.05) is 74.1 Å². The average Bonchev–Trinajstić information content (AvgIpc) is 1.45. The van der Waals surface area contributed by atoms with Crippen molar-refractivity contribution in [3.8, 4) is 0 Å². The number of nitrogens with two attached hydrogens (primary N) is 1. The SMILES string of the molecule is CC(C)N1CCCC[C@H]1C(=O)O.CCCC1(S(=O)(=O)NC(=O)[C@@]2(CC(=O)[C@@H]3C[C@@]4(CN3C(=O)[C@@H](CC(=O)[C@@H](N)C3CCCCC3)C(C)(C)C)C(C)(C)C43CCC3)C[C@H]2CC)CC1.CCCC1(S(=O)(=O)NC(=O)[C@@]2(CC(=O)[C@@H]3C[C@@]4(CN3C(=O)[C@@H](CC(=O)[C@@H](NC(=O)[C@@H]3CCCCN3C(C)C)C3CCCCC3)C(C)(C)C)C(C)(C)C43CCC3)C[C@H]2CC)CC1. The second kappa shape index (κ2) is 35.9. The lowest BCUT2D eigenvalue weighted by molar-refractivity contribution is -0.147. The van der Waals surface area contributed by atoms with Gasteiger partial charge in [-0.05, 0) is 238 Å². The van der Waals surface area contributed by atoms with Gasteiger partial charge < -0.3 is 26.0 Å². The van der Waals surface area contributed by atoms with E-state index < -0.39 is 105 Å². The quantitative estimate of drug-likeness (QED) is 0.0407. The molecule has 696 valence electrons. The number of rotatable bonds is 33. The number of piperidine rings is 2. The van der Waals surface area contributed by atoms with Crippen LogP contribution in [-0.4, -0.2) is 184 Å². The molecule has 5 amide bonds. The summed E-state index contributed by atoms with van der Waals surface area (Å²) in [6, 6.07) is -2.68. The number of hydrogen-bond acceptors (Lipinski definition) is 17. The van der Waals surface area contributed by atoms with Gasteiger partial charge in [0.05, 0.1) is 50.5 Å². The van der Waals surface area contributed by atoms with Crippen LogP contribution in [0.15, 0.2) is 0 Å². The highest BCUT2D eigenvalue weighted by molar-refractivity contribution is 7.92. The lowest BCUT2D eigenvalue weighted by Gasteiger charge is -2.40. The molecule has 23 nitrogen and oxygen atoms in total. The van der Waals surface area contributed by atoms with Crippen LogP contribution in [0, 0.1) is 89.7 Å². The van der Waals surface area contributed by atoms with Crippen LogP contribution in [0.1, 0.15) is 381 Å². The Morgan fingerprint density at radius 2 is 0.821 bits per heavy atom. The third-order valence-electron chi connectivity index (χ3n) is 36.7. The van der Waals surface area contributed by atoms with Crippen LogP contribution in [0.3, 0.4) is 0 Å². The van der Waals surface area contributed by atoms with E-state index in [0.717, 1.165) is 154 Å². The van der Waals surface area contributed by atoms with E-state index in [9.17, 15) is 55.2 Å². The first-order chi connectivity index (χ1) is 57.5. The van der Waals surface area contributed by atoms with E-state index in [-0.39, 0.29) is 141 Å². The van der Waals surface area contributed by atoms with E-state index in [1.54, 1.807) is 4.90 Å². The number of amides is 5. The van der Waals surface area contributed by atoms with Crippen molar-refractivity contribution in [3.05, 3.63) is 0 Å². The number of carboxylic acids is 1. The Labute approximate surface area is 739 Å². The minimum Gasteiger partial charge on any atom is -0.480 e. The lowest BCUT2D eigenvalue weighted by Crippen LogP contribution is -2.57. The fourth-order valence-corrected chi connectivity index (χ4v) is 31.0. The van der Waals surface area contributed by atoms with Crippen LogP contribution in [-0.2, 0) is 68.0 Å². The maximum absolute atomic E-state index is 15.4. The second-order valence-electron chi connectivity index (χ2n) is 46.1. The molecule has 14 atom stereocenters. The fraction of sp³-hybridized carbons (Fsp3) is 0.898. The van der Waals surface area contributed by atoms with Crippen molar-refractivity contribution in [2.75, 3.05) is 26.2 Å². The van der Waals surface area contributed by atoms with Crippen LogP contribution in [0.5, 0.6) is 0 Å². The summed E-state index contributed by atoms with van der Waals surface area (Å²) in [7, 11) is -7.78. The maximum atomic E-state index is 15.4. The summed E-state index contributed by atoms with van der Waals surface area (Å²) in [4.78, 5) is 150. The van der Waals surface area contributed by atoms with Gasteiger partial charge in [0.2, 0.25) is 49.6 Å². The van der Waals surface area contributed by atoms with Crippen molar-refractivity contribution in [2.24, 2.45) is 95.4 Å². The molecule has 10 aliphatic carbocycles. The zero-order chi connectivity index (χ0) is 90.4. The van der Waals surface area contributed by atoms with E-state index in [2.05, 4.69) is 80.0 Å². The highest BCUT2D eigenvalue weighted by Crippen LogP contribution is 2.89. The van der Waals surface area contributed by atoms with Gasteiger partial charge in [0.25, 0.3) is 0 Å². The molecule has 0 radical (unpaired) electrons. The molecule has 4 saturated heterocycles. The zero-order valence-corrected chi connectivity index (χ0v) is 80.7. The van der Waals surface area contributed by atoms with Crippen LogP contribution in [0.4, 0.5) is 0 Å². The van der Waals surface area contributed by atoms with E-state index in [4.69, 9.17) is 10.8 Å². The molecule has 0 aromatic carbocycles. The van der Waals surface area contributed by atoms with Crippen molar-refractivity contribution in [2.45, 2.75) is 439 Å². The topological polar surface area (TPSA) is 334 Å². The number of carboxylic acid groups (broad SMARTS) is 1. The van der Waals surface area contributed by atoms with Crippen molar-refractivity contribution in [1.29, 1.82) is 0 Å². The summed E-state index contributed by atoms with van der Waals surface area (Å²) in [6.45, 7) is 40.1. The molecule has 14 fully saturated rings. The summed E-state index contributed by atoms with van der Waals surface area (Å²) in [5, 5.41) is 12.2. The highest BCUT2D eigenvalue weighted by atomic mass is 32.2. The number of hydrogen-bond donors (Lipinski definition) is 5. The molecule has 14 rings (SSSR count). The smallest absolute Gasteiger partial charge is 0.320 e. The van der Waals surface area contributed by atoms with Gasteiger partial charge in [0.15, 0.2) is 23.1 Å². The van der Waals surface area contributed by atoms with E-state index in [0.29, 0.717) is 103 Å². The minimum absolute atomic E-state index is 0.0140. The number of Topliss-reactive ketones (excluding diaryl/α,β-unsaturated/α-hetero) is 4. The van der Waals surface area contributed by atoms with Crippen molar-refractivity contribution >= 4 is 78.7 Å². The number of likely N-dealkylation sites (tertiary alicyclic amines) is 4. The maximum Gasteiger partial charge on any atom is 0.320 e. The van der Waals surface area contributed by atoms with E-state index in [1.165, 1.54) is 6.42 Å². The van der Waals surface area contributed by atoms with Crippen LogP contribution < -0.4 is 20.5 Å². The van der Waals surface area contributed by atoms with Crippen molar-refractivity contribution in [1.82, 2.24) is 34.4 Å². The fourth-order valence-electron chi connectivity index (χ4n) is 27.5. The molecule has 14 aliphatic rings. The summed E-state index contributed by atoms with van der Waals surface area (Å²) in [6.07, 6.45) is 30.2. The monoisotopic (exact) mass is 1760 g/mol. The predicted molar refractivity (Wildman–Crippen MR) is 479 cm³/mol. The Kier molecular flexibility index (Phi) is 28.4. The summed E-state index contributed by atoms with van der Waals surface area (Å²) >= 11 is 0. The second-order valence-corrected chi connectivity index (χ2v) is 50.3. The van der Waals surface area contributed by atoms with Gasteiger partial charge in [-0.25, -0.2) is 16.8 Å². The molecule has 6 N–H and O–H groups in total.